The molecule has 140 valence electrons. The molecular weight excluding hydrogens is 346 g/mol. The molecule has 0 unspecified atom stereocenters. The average molecular weight is 366 g/mol. The van der Waals surface area contributed by atoms with Gasteiger partial charge in [0.15, 0.2) is 11.7 Å². The van der Waals surface area contributed by atoms with E-state index in [9.17, 15) is 13.6 Å². The molecule has 2 aromatic rings. The lowest BCUT2D eigenvalue weighted by molar-refractivity contribution is -0.0504. The van der Waals surface area contributed by atoms with Gasteiger partial charge in [-0.25, -0.2) is 0 Å². The first-order valence-electron chi connectivity index (χ1n) is 7.89. The van der Waals surface area contributed by atoms with Crippen LogP contribution in [-0.2, 0) is 6.54 Å². The Kier molecular flexibility index (Phi) is 7.41. The molecule has 0 atom stereocenters. The maximum atomic E-state index is 12.4. The SMILES string of the molecule is CN=C(NCCNC(=O)c1ccco1)NCc1ccccc1OC(F)F. The third-order valence-electron chi connectivity index (χ3n) is 3.31. The fourth-order valence-electron chi connectivity index (χ4n) is 2.11. The smallest absolute Gasteiger partial charge is 0.387 e. The number of guanidine groups is 1. The molecule has 0 saturated heterocycles. The highest BCUT2D eigenvalue weighted by atomic mass is 19.3. The third-order valence-corrected chi connectivity index (χ3v) is 3.31. The molecule has 0 saturated carbocycles. The summed E-state index contributed by atoms with van der Waals surface area (Å²) in [6, 6.07) is 9.72. The maximum Gasteiger partial charge on any atom is 0.387 e. The van der Waals surface area contributed by atoms with E-state index in [-0.39, 0.29) is 24.0 Å². The zero-order chi connectivity index (χ0) is 18.8. The molecule has 1 aromatic heterocycles. The molecule has 0 bridgehead atoms. The van der Waals surface area contributed by atoms with Crippen LogP contribution in [0.4, 0.5) is 8.78 Å². The number of para-hydroxylation sites is 1. The number of alkyl halides is 2. The van der Waals surface area contributed by atoms with Crippen LogP contribution in [0.15, 0.2) is 52.1 Å². The number of ether oxygens (including phenoxy) is 1. The number of nitrogens with zero attached hydrogens (tertiary/aromatic N) is 1. The van der Waals surface area contributed by atoms with Crippen LogP contribution in [0, 0.1) is 0 Å². The summed E-state index contributed by atoms with van der Waals surface area (Å²) < 4.78 is 34.3. The Morgan fingerprint density at radius 3 is 2.62 bits per heavy atom. The van der Waals surface area contributed by atoms with E-state index in [1.807, 2.05) is 0 Å². The number of carbonyl (C=O) groups excluding carboxylic acids is 1. The number of nitrogens with one attached hydrogen (secondary N) is 3. The van der Waals surface area contributed by atoms with Gasteiger partial charge in [-0.1, -0.05) is 18.2 Å². The van der Waals surface area contributed by atoms with Crippen LogP contribution >= 0.6 is 0 Å². The summed E-state index contributed by atoms with van der Waals surface area (Å²) in [6.07, 6.45) is 1.43. The van der Waals surface area contributed by atoms with E-state index < -0.39 is 6.61 Å². The van der Waals surface area contributed by atoms with Crippen LogP contribution in [0.1, 0.15) is 16.1 Å². The van der Waals surface area contributed by atoms with Crippen molar-refractivity contribution in [3.05, 3.63) is 54.0 Å². The molecule has 0 spiro atoms. The largest absolute Gasteiger partial charge is 0.459 e. The molecule has 0 aliphatic carbocycles. The maximum absolute atomic E-state index is 12.4. The minimum atomic E-state index is -2.88. The fraction of sp³-hybridized carbons (Fsp3) is 0.294. The number of rotatable bonds is 8. The molecule has 2 rings (SSSR count). The van der Waals surface area contributed by atoms with Crippen LogP contribution < -0.4 is 20.7 Å². The lowest BCUT2D eigenvalue weighted by Crippen LogP contribution is -2.41. The van der Waals surface area contributed by atoms with Gasteiger partial charge in [-0.05, 0) is 18.2 Å². The van der Waals surface area contributed by atoms with Crippen molar-refractivity contribution in [2.75, 3.05) is 20.1 Å². The molecule has 1 amide bonds. The summed E-state index contributed by atoms with van der Waals surface area (Å²) in [5.41, 5.74) is 0.571. The van der Waals surface area contributed by atoms with E-state index in [1.165, 1.54) is 12.3 Å². The quantitative estimate of drug-likeness (QED) is 0.378. The van der Waals surface area contributed by atoms with Crippen molar-refractivity contribution < 1.29 is 22.7 Å². The van der Waals surface area contributed by atoms with Gasteiger partial charge in [0.05, 0.1) is 6.26 Å². The number of hydrogen-bond donors (Lipinski definition) is 3. The molecule has 1 aromatic carbocycles. The topological polar surface area (TPSA) is 87.9 Å². The molecule has 7 nitrogen and oxygen atoms in total. The van der Waals surface area contributed by atoms with E-state index in [1.54, 1.807) is 37.4 Å². The van der Waals surface area contributed by atoms with Gasteiger partial charge < -0.3 is 25.1 Å². The minimum absolute atomic E-state index is 0.108. The monoisotopic (exact) mass is 366 g/mol. The second-order valence-electron chi connectivity index (χ2n) is 5.07. The van der Waals surface area contributed by atoms with E-state index in [0.717, 1.165) is 0 Å². The molecule has 9 heteroatoms. The minimum Gasteiger partial charge on any atom is -0.459 e. The molecule has 0 aliphatic rings. The summed E-state index contributed by atoms with van der Waals surface area (Å²) in [6.45, 7) is -1.86. The van der Waals surface area contributed by atoms with Gasteiger partial charge >= 0.3 is 6.61 Å². The lowest BCUT2D eigenvalue weighted by atomic mass is 10.2. The number of hydrogen-bond acceptors (Lipinski definition) is 4. The van der Waals surface area contributed by atoms with E-state index in [2.05, 4.69) is 25.7 Å². The van der Waals surface area contributed by atoms with Crippen LogP contribution in [0.25, 0.3) is 0 Å². The van der Waals surface area contributed by atoms with Crippen molar-refractivity contribution in [3.8, 4) is 5.75 Å². The summed E-state index contributed by atoms with van der Waals surface area (Å²) >= 11 is 0. The molecule has 0 radical (unpaired) electrons. The highest BCUT2D eigenvalue weighted by Crippen LogP contribution is 2.19. The first-order chi connectivity index (χ1) is 12.6. The highest BCUT2D eigenvalue weighted by molar-refractivity contribution is 5.91. The van der Waals surface area contributed by atoms with Gasteiger partial charge in [0.25, 0.3) is 5.91 Å². The number of furan rings is 1. The van der Waals surface area contributed by atoms with Crippen LogP contribution in [0.2, 0.25) is 0 Å². The van der Waals surface area contributed by atoms with Crippen molar-refractivity contribution in [1.29, 1.82) is 0 Å². The van der Waals surface area contributed by atoms with Gasteiger partial charge in [-0.15, -0.1) is 0 Å². The third kappa shape index (κ3) is 6.08. The van der Waals surface area contributed by atoms with Crippen LogP contribution in [0.3, 0.4) is 0 Å². The zero-order valence-electron chi connectivity index (χ0n) is 14.2. The average Bonchev–Trinajstić information content (AvgIpc) is 3.16. The summed E-state index contributed by atoms with van der Waals surface area (Å²) in [5.74, 6) is 0.501. The van der Waals surface area contributed by atoms with Crippen molar-refractivity contribution in [1.82, 2.24) is 16.0 Å². The Morgan fingerprint density at radius 1 is 1.15 bits per heavy atom. The molecule has 0 fully saturated rings. The van der Waals surface area contributed by atoms with Crippen LogP contribution in [0.5, 0.6) is 5.75 Å². The Bertz CT molecular complexity index is 721. The summed E-state index contributed by atoms with van der Waals surface area (Å²) in [7, 11) is 1.58. The van der Waals surface area contributed by atoms with Crippen molar-refractivity contribution in [2.24, 2.45) is 4.99 Å². The fourth-order valence-corrected chi connectivity index (χ4v) is 2.11. The predicted octanol–water partition coefficient (Wildman–Crippen LogP) is 1.98. The lowest BCUT2D eigenvalue weighted by Gasteiger charge is -2.14. The summed E-state index contributed by atoms with van der Waals surface area (Å²) in [5, 5.41) is 8.69. The van der Waals surface area contributed by atoms with Gasteiger partial charge in [0, 0.05) is 32.2 Å². The van der Waals surface area contributed by atoms with Gasteiger partial charge in [-0.2, -0.15) is 8.78 Å². The van der Waals surface area contributed by atoms with Crippen molar-refractivity contribution in [3.63, 3.8) is 0 Å². The van der Waals surface area contributed by atoms with E-state index in [0.29, 0.717) is 24.6 Å². The normalized spacial score (nSPS) is 11.3. The summed E-state index contributed by atoms with van der Waals surface area (Å²) in [4.78, 5) is 15.7. The number of benzene rings is 1. The number of halogens is 2. The molecule has 26 heavy (non-hydrogen) atoms. The van der Waals surface area contributed by atoms with Crippen molar-refractivity contribution >= 4 is 11.9 Å². The second kappa shape index (κ2) is 10.0. The van der Waals surface area contributed by atoms with E-state index >= 15 is 0 Å². The Morgan fingerprint density at radius 2 is 1.92 bits per heavy atom. The van der Waals surface area contributed by atoms with Crippen molar-refractivity contribution in [2.45, 2.75) is 13.2 Å². The number of aliphatic imine (C=N–C) groups is 1. The van der Waals surface area contributed by atoms with Crippen LogP contribution in [-0.4, -0.2) is 38.6 Å². The van der Waals surface area contributed by atoms with Gasteiger partial charge in [0.2, 0.25) is 0 Å². The Balaban J connectivity index is 1.75. The molecule has 3 N–H and O–H groups in total. The highest BCUT2D eigenvalue weighted by Gasteiger charge is 2.10. The predicted molar refractivity (Wildman–Crippen MR) is 92.3 cm³/mol. The first-order valence-corrected chi connectivity index (χ1v) is 7.89. The number of amides is 1. The second-order valence-corrected chi connectivity index (χ2v) is 5.07. The zero-order valence-corrected chi connectivity index (χ0v) is 14.2. The van der Waals surface area contributed by atoms with E-state index in [4.69, 9.17) is 4.42 Å². The van der Waals surface area contributed by atoms with Gasteiger partial charge in [-0.3, -0.25) is 9.79 Å². The number of carbonyl (C=O) groups is 1. The molecule has 0 aliphatic heterocycles. The molecule has 1 heterocycles. The van der Waals surface area contributed by atoms with Gasteiger partial charge in [0.1, 0.15) is 5.75 Å². The first kappa shape index (κ1) is 19.2. The molecular formula is C17H20F2N4O3. The Labute approximate surface area is 149 Å². The Hall–Kier alpha value is -3.10. The standard InChI is InChI=1S/C17H20F2N4O3/c1-20-17(22-9-8-21-15(24)14-7-4-10-25-14)23-11-12-5-2-3-6-13(12)26-16(18)19/h2-7,10,16H,8-9,11H2,1H3,(H,21,24)(H2,20,22,23).